The van der Waals surface area contributed by atoms with Gasteiger partial charge in [-0.2, -0.15) is 0 Å². The highest BCUT2D eigenvalue weighted by Crippen LogP contribution is 2.21. The Morgan fingerprint density at radius 1 is 1.19 bits per heavy atom. The number of hydrogen-bond donors (Lipinski definition) is 1. The minimum atomic E-state index is 0.464. The predicted octanol–water partition coefficient (Wildman–Crippen LogP) is 2.46. The number of piperazine rings is 1. The third-order valence-electron chi connectivity index (χ3n) is 4.27. The van der Waals surface area contributed by atoms with E-state index in [1.807, 2.05) is 0 Å². The van der Waals surface area contributed by atoms with Crippen LogP contribution in [0.2, 0.25) is 0 Å². The molecule has 0 atom stereocenters. The molecular formula is C17H26N4. The van der Waals surface area contributed by atoms with Gasteiger partial charge in [0.1, 0.15) is 5.82 Å². The maximum Gasteiger partial charge on any atom is 0.110 e. The third kappa shape index (κ3) is 3.27. The van der Waals surface area contributed by atoms with Crippen LogP contribution in [0.5, 0.6) is 0 Å². The monoisotopic (exact) mass is 286 g/mol. The molecule has 0 spiro atoms. The number of aryl methyl sites for hydroxylation is 1. The van der Waals surface area contributed by atoms with Gasteiger partial charge in [-0.3, -0.25) is 0 Å². The molecule has 1 aromatic carbocycles. The maximum absolute atomic E-state index is 4.85. The molecule has 114 valence electrons. The molecule has 3 rings (SSSR count). The smallest absolute Gasteiger partial charge is 0.110 e. The Morgan fingerprint density at radius 2 is 1.95 bits per heavy atom. The highest BCUT2D eigenvalue weighted by atomic mass is 15.2. The Labute approximate surface area is 127 Å². The second-order valence-corrected chi connectivity index (χ2v) is 6.18. The van der Waals surface area contributed by atoms with Crippen LogP contribution in [0.1, 0.15) is 32.1 Å². The lowest BCUT2D eigenvalue weighted by molar-refractivity contribution is 0.238. The number of benzene rings is 1. The van der Waals surface area contributed by atoms with Crippen LogP contribution < -0.4 is 5.32 Å². The topological polar surface area (TPSA) is 33.1 Å². The second-order valence-electron chi connectivity index (χ2n) is 6.18. The molecule has 1 aliphatic rings. The number of hydrogen-bond acceptors (Lipinski definition) is 3. The van der Waals surface area contributed by atoms with Crippen LogP contribution in [-0.4, -0.2) is 47.2 Å². The van der Waals surface area contributed by atoms with Crippen molar-refractivity contribution in [2.45, 2.75) is 32.7 Å². The van der Waals surface area contributed by atoms with Crippen LogP contribution in [0.25, 0.3) is 11.0 Å². The number of aromatic nitrogens is 2. The number of rotatable bonds is 5. The number of nitrogens with zero attached hydrogens (tertiary/aromatic N) is 3. The van der Waals surface area contributed by atoms with Gasteiger partial charge in [0.15, 0.2) is 0 Å². The minimum Gasteiger partial charge on any atom is -0.325 e. The summed E-state index contributed by atoms with van der Waals surface area (Å²) in [6, 6.07) is 8.94. The third-order valence-corrected chi connectivity index (χ3v) is 4.27. The van der Waals surface area contributed by atoms with Crippen molar-refractivity contribution in [1.29, 1.82) is 0 Å². The number of imidazole rings is 1. The number of para-hydroxylation sites is 2. The summed E-state index contributed by atoms with van der Waals surface area (Å²) in [5, 5.41) is 3.41. The van der Waals surface area contributed by atoms with Gasteiger partial charge >= 0.3 is 0 Å². The summed E-state index contributed by atoms with van der Waals surface area (Å²) in [4.78, 5) is 7.40. The fourth-order valence-corrected chi connectivity index (χ4v) is 3.24. The summed E-state index contributed by atoms with van der Waals surface area (Å²) in [6.45, 7) is 10.3. The number of fused-ring (bicyclic) bond motifs is 1. The van der Waals surface area contributed by atoms with Crippen molar-refractivity contribution < 1.29 is 0 Å². The van der Waals surface area contributed by atoms with E-state index in [1.54, 1.807) is 0 Å². The maximum atomic E-state index is 4.85. The van der Waals surface area contributed by atoms with E-state index in [9.17, 15) is 0 Å². The molecule has 1 aromatic heterocycles. The lowest BCUT2D eigenvalue weighted by atomic mass is 10.2. The average Bonchev–Trinajstić information content (AvgIpc) is 2.86. The molecule has 0 unspecified atom stereocenters. The molecule has 2 aromatic rings. The SMILES string of the molecule is CC(C)n1c(CCCN2CCNCC2)nc2ccccc21. The van der Waals surface area contributed by atoms with E-state index in [2.05, 4.69) is 52.9 Å². The van der Waals surface area contributed by atoms with Crippen LogP contribution in [-0.2, 0) is 6.42 Å². The van der Waals surface area contributed by atoms with E-state index in [1.165, 1.54) is 37.4 Å². The quantitative estimate of drug-likeness (QED) is 0.916. The zero-order valence-corrected chi connectivity index (χ0v) is 13.2. The zero-order chi connectivity index (χ0) is 14.7. The predicted molar refractivity (Wildman–Crippen MR) is 87.7 cm³/mol. The standard InChI is InChI=1S/C17H26N4/c1-14(2)21-16-7-4-3-6-15(16)19-17(21)8-5-11-20-12-9-18-10-13-20/h3-4,6-7,14,18H,5,8-13H2,1-2H3. The Hall–Kier alpha value is -1.39. The molecule has 4 heteroatoms. The lowest BCUT2D eigenvalue weighted by Crippen LogP contribution is -2.43. The number of nitrogens with one attached hydrogen (secondary N) is 1. The van der Waals surface area contributed by atoms with Gasteiger partial charge in [0.2, 0.25) is 0 Å². The summed E-state index contributed by atoms with van der Waals surface area (Å²) < 4.78 is 2.40. The molecule has 1 fully saturated rings. The van der Waals surface area contributed by atoms with Gasteiger partial charge in [0, 0.05) is 38.6 Å². The van der Waals surface area contributed by atoms with E-state index in [4.69, 9.17) is 4.98 Å². The highest BCUT2D eigenvalue weighted by Gasteiger charge is 2.14. The van der Waals surface area contributed by atoms with Gasteiger partial charge in [-0.05, 0) is 38.9 Å². The van der Waals surface area contributed by atoms with Crippen molar-refractivity contribution in [3.8, 4) is 0 Å². The normalized spacial score (nSPS) is 16.9. The molecule has 1 N–H and O–H groups in total. The second kappa shape index (κ2) is 6.58. The molecule has 21 heavy (non-hydrogen) atoms. The highest BCUT2D eigenvalue weighted by molar-refractivity contribution is 5.76. The van der Waals surface area contributed by atoms with E-state index >= 15 is 0 Å². The first-order valence-electron chi connectivity index (χ1n) is 8.14. The Morgan fingerprint density at radius 3 is 2.71 bits per heavy atom. The Balaban J connectivity index is 1.69. The first kappa shape index (κ1) is 14.5. The molecule has 1 saturated heterocycles. The molecular weight excluding hydrogens is 260 g/mol. The molecule has 1 aliphatic heterocycles. The minimum absolute atomic E-state index is 0.464. The fourth-order valence-electron chi connectivity index (χ4n) is 3.24. The Bertz CT molecular complexity index is 581. The van der Waals surface area contributed by atoms with Crippen molar-refractivity contribution in [2.75, 3.05) is 32.7 Å². The zero-order valence-electron chi connectivity index (χ0n) is 13.2. The molecule has 2 heterocycles. The van der Waals surface area contributed by atoms with E-state index in [0.717, 1.165) is 25.0 Å². The summed E-state index contributed by atoms with van der Waals surface area (Å²) in [6.07, 6.45) is 2.26. The fraction of sp³-hybridized carbons (Fsp3) is 0.588. The van der Waals surface area contributed by atoms with E-state index in [-0.39, 0.29) is 0 Å². The summed E-state index contributed by atoms with van der Waals surface area (Å²) >= 11 is 0. The summed E-state index contributed by atoms with van der Waals surface area (Å²) in [7, 11) is 0. The largest absolute Gasteiger partial charge is 0.325 e. The van der Waals surface area contributed by atoms with E-state index < -0.39 is 0 Å². The van der Waals surface area contributed by atoms with Gasteiger partial charge in [0.25, 0.3) is 0 Å². The van der Waals surface area contributed by atoms with Gasteiger partial charge in [0.05, 0.1) is 11.0 Å². The summed E-state index contributed by atoms with van der Waals surface area (Å²) in [5.41, 5.74) is 2.40. The van der Waals surface area contributed by atoms with Gasteiger partial charge < -0.3 is 14.8 Å². The molecule has 0 amide bonds. The Kier molecular flexibility index (Phi) is 4.56. The van der Waals surface area contributed by atoms with Gasteiger partial charge in [-0.15, -0.1) is 0 Å². The van der Waals surface area contributed by atoms with Crippen LogP contribution in [0, 0.1) is 0 Å². The van der Waals surface area contributed by atoms with Crippen molar-refractivity contribution in [1.82, 2.24) is 19.8 Å². The molecule has 0 bridgehead atoms. The first-order valence-corrected chi connectivity index (χ1v) is 8.14. The molecule has 0 radical (unpaired) electrons. The van der Waals surface area contributed by atoms with Crippen molar-refractivity contribution in [3.05, 3.63) is 30.1 Å². The van der Waals surface area contributed by atoms with Gasteiger partial charge in [-0.1, -0.05) is 12.1 Å². The van der Waals surface area contributed by atoms with E-state index in [0.29, 0.717) is 6.04 Å². The van der Waals surface area contributed by atoms with Crippen molar-refractivity contribution in [2.24, 2.45) is 0 Å². The molecule has 4 nitrogen and oxygen atoms in total. The molecule has 0 aliphatic carbocycles. The first-order chi connectivity index (χ1) is 10.3. The average molecular weight is 286 g/mol. The van der Waals surface area contributed by atoms with Crippen molar-refractivity contribution >= 4 is 11.0 Å². The van der Waals surface area contributed by atoms with Gasteiger partial charge in [-0.25, -0.2) is 4.98 Å². The van der Waals surface area contributed by atoms with Crippen molar-refractivity contribution in [3.63, 3.8) is 0 Å². The summed E-state index contributed by atoms with van der Waals surface area (Å²) in [5.74, 6) is 1.24. The van der Waals surface area contributed by atoms with Crippen LogP contribution in [0.4, 0.5) is 0 Å². The lowest BCUT2D eigenvalue weighted by Gasteiger charge is -2.27. The van der Waals surface area contributed by atoms with Crippen LogP contribution in [0.3, 0.4) is 0 Å². The van der Waals surface area contributed by atoms with Crippen LogP contribution in [0.15, 0.2) is 24.3 Å². The molecule has 0 saturated carbocycles. The van der Waals surface area contributed by atoms with Crippen LogP contribution >= 0.6 is 0 Å².